The first-order chi connectivity index (χ1) is 7.48. The van der Waals surface area contributed by atoms with E-state index in [4.69, 9.17) is 6.42 Å². The lowest BCUT2D eigenvalue weighted by molar-refractivity contribution is 0.0594. The van der Waals surface area contributed by atoms with E-state index in [9.17, 15) is 4.79 Å². The molecule has 0 fully saturated rings. The standard InChI is InChI=1S/C12H16N2O2/c1-5-12(2,3)13-8-9-6-7-10(14-9)11(15)16-4/h1,6-7,13-14H,8H2,2-4H3. The molecule has 0 aromatic carbocycles. The van der Waals surface area contributed by atoms with Crippen LogP contribution in [0.2, 0.25) is 0 Å². The fraction of sp³-hybridized carbons (Fsp3) is 0.417. The van der Waals surface area contributed by atoms with Crippen LogP contribution in [0.3, 0.4) is 0 Å². The summed E-state index contributed by atoms with van der Waals surface area (Å²) in [6.07, 6.45) is 5.35. The van der Waals surface area contributed by atoms with Crippen LogP contribution in [0.4, 0.5) is 0 Å². The van der Waals surface area contributed by atoms with Crippen LogP contribution in [0.15, 0.2) is 12.1 Å². The van der Waals surface area contributed by atoms with Crippen molar-refractivity contribution in [1.82, 2.24) is 10.3 Å². The van der Waals surface area contributed by atoms with Crippen molar-refractivity contribution in [1.29, 1.82) is 0 Å². The number of methoxy groups -OCH3 is 1. The van der Waals surface area contributed by atoms with E-state index in [1.807, 2.05) is 19.9 Å². The fourth-order valence-corrected chi connectivity index (χ4v) is 1.14. The SMILES string of the molecule is C#CC(C)(C)NCc1ccc(C(=O)OC)[nH]1. The minimum absolute atomic E-state index is 0.365. The number of hydrogen-bond donors (Lipinski definition) is 2. The van der Waals surface area contributed by atoms with Crippen molar-refractivity contribution < 1.29 is 9.53 Å². The number of H-pyrrole nitrogens is 1. The summed E-state index contributed by atoms with van der Waals surface area (Å²) >= 11 is 0. The van der Waals surface area contributed by atoms with Gasteiger partial charge in [0, 0.05) is 12.2 Å². The van der Waals surface area contributed by atoms with Crippen LogP contribution in [0.25, 0.3) is 0 Å². The number of esters is 1. The predicted molar refractivity (Wildman–Crippen MR) is 61.9 cm³/mol. The van der Waals surface area contributed by atoms with E-state index in [-0.39, 0.29) is 11.5 Å². The lowest BCUT2D eigenvalue weighted by Crippen LogP contribution is -2.37. The number of nitrogens with one attached hydrogen (secondary N) is 2. The Hall–Kier alpha value is -1.73. The van der Waals surface area contributed by atoms with Gasteiger partial charge in [-0.15, -0.1) is 6.42 Å². The van der Waals surface area contributed by atoms with Gasteiger partial charge in [0.05, 0.1) is 12.6 Å². The lowest BCUT2D eigenvalue weighted by Gasteiger charge is -2.18. The molecule has 4 nitrogen and oxygen atoms in total. The number of hydrogen-bond acceptors (Lipinski definition) is 3. The molecule has 1 aromatic rings. The van der Waals surface area contributed by atoms with Gasteiger partial charge in [-0.25, -0.2) is 4.79 Å². The average molecular weight is 220 g/mol. The molecule has 4 heteroatoms. The van der Waals surface area contributed by atoms with E-state index in [0.29, 0.717) is 12.2 Å². The highest BCUT2D eigenvalue weighted by Gasteiger charge is 2.13. The number of aromatic nitrogens is 1. The Bertz CT molecular complexity index is 413. The molecule has 0 unspecified atom stereocenters. The molecule has 2 N–H and O–H groups in total. The molecule has 86 valence electrons. The van der Waals surface area contributed by atoms with E-state index in [0.717, 1.165) is 5.69 Å². The molecule has 0 saturated carbocycles. The zero-order valence-corrected chi connectivity index (χ0v) is 9.76. The van der Waals surface area contributed by atoms with Crippen LogP contribution < -0.4 is 5.32 Å². The molecule has 16 heavy (non-hydrogen) atoms. The monoisotopic (exact) mass is 220 g/mol. The van der Waals surface area contributed by atoms with Crippen molar-refractivity contribution >= 4 is 5.97 Å². The molecule has 1 aromatic heterocycles. The highest BCUT2D eigenvalue weighted by Crippen LogP contribution is 2.06. The molecular formula is C12H16N2O2. The van der Waals surface area contributed by atoms with Crippen LogP contribution in [-0.4, -0.2) is 23.6 Å². The molecule has 0 radical (unpaired) electrons. The molecule has 0 bridgehead atoms. The summed E-state index contributed by atoms with van der Waals surface area (Å²) in [6, 6.07) is 3.51. The number of rotatable bonds is 4. The number of ether oxygens (including phenoxy) is 1. The van der Waals surface area contributed by atoms with Crippen molar-refractivity contribution in [2.24, 2.45) is 0 Å². The van der Waals surface area contributed by atoms with Crippen molar-refractivity contribution in [3.8, 4) is 12.3 Å². The first-order valence-electron chi connectivity index (χ1n) is 4.97. The van der Waals surface area contributed by atoms with Gasteiger partial charge in [0.25, 0.3) is 0 Å². The first-order valence-corrected chi connectivity index (χ1v) is 4.97. The molecule has 0 amide bonds. The minimum atomic E-state index is -0.373. The molecule has 0 saturated heterocycles. The maximum absolute atomic E-state index is 11.2. The van der Waals surface area contributed by atoms with Gasteiger partial charge in [0.1, 0.15) is 5.69 Å². The van der Waals surface area contributed by atoms with Crippen molar-refractivity contribution in [2.75, 3.05) is 7.11 Å². The summed E-state index contributed by atoms with van der Waals surface area (Å²) in [5.74, 6) is 2.26. The Labute approximate surface area is 95.4 Å². The summed E-state index contributed by atoms with van der Waals surface area (Å²) < 4.78 is 4.59. The van der Waals surface area contributed by atoms with Gasteiger partial charge in [-0.1, -0.05) is 5.92 Å². The molecule has 0 aliphatic rings. The minimum Gasteiger partial charge on any atom is -0.464 e. The van der Waals surface area contributed by atoms with Gasteiger partial charge in [0.2, 0.25) is 0 Å². The summed E-state index contributed by atoms with van der Waals surface area (Å²) in [6.45, 7) is 4.41. The van der Waals surface area contributed by atoms with Gasteiger partial charge >= 0.3 is 5.97 Å². The third-order valence-electron chi connectivity index (χ3n) is 2.23. The topological polar surface area (TPSA) is 54.1 Å². The molecule has 0 aliphatic carbocycles. The molecule has 1 heterocycles. The molecular weight excluding hydrogens is 204 g/mol. The zero-order chi connectivity index (χ0) is 12.2. The highest BCUT2D eigenvalue weighted by molar-refractivity contribution is 5.87. The third-order valence-corrected chi connectivity index (χ3v) is 2.23. The number of aromatic amines is 1. The maximum Gasteiger partial charge on any atom is 0.354 e. The lowest BCUT2D eigenvalue weighted by atomic mass is 10.1. The second kappa shape index (κ2) is 4.86. The van der Waals surface area contributed by atoms with E-state index < -0.39 is 0 Å². The predicted octanol–water partition coefficient (Wildman–Crippen LogP) is 1.30. The van der Waals surface area contributed by atoms with E-state index in [2.05, 4.69) is 21.0 Å². The quantitative estimate of drug-likeness (QED) is 0.594. The largest absolute Gasteiger partial charge is 0.464 e. The number of terminal acetylenes is 1. The average Bonchev–Trinajstić information content (AvgIpc) is 2.74. The maximum atomic E-state index is 11.2. The second-order valence-electron chi connectivity index (χ2n) is 4.01. The van der Waals surface area contributed by atoms with Crippen molar-refractivity contribution in [2.45, 2.75) is 25.9 Å². The normalized spacial score (nSPS) is 10.9. The first kappa shape index (κ1) is 12.3. The van der Waals surface area contributed by atoms with Crippen LogP contribution in [0.1, 0.15) is 30.0 Å². The van der Waals surface area contributed by atoms with E-state index in [1.165, 1.54) is 7.11 Å². The van der Waals surface area contributed by atoms with Crippen LogP contribution >= 0.6 is 0 Å². The third kappa shape index (κ3) is 3.14. The molecule has 0 atom stereocenters. The smallest absolute Gasteiger partial charge is 0.354 e. The Morgan fingerprint density at radius 3 is 2.88 bits per heavy atom. The summed E-state index contributed by atoms with van der Waals surface area (Å²) in [7, 11) is 1.35. The molecule has 1 rings (SSSR count). The van der Waals surface area contributed by atoms with E-state index >= 15 is 0 Å². The second-order valence-corrected chi connectivity index (χ2v) is 4.01. The Morgan fingerprint density at radius 2 is 2.31 bits per heavy atom. The number of carbonyl (C=O) groups excluding carboxylic acids is 1. The Balaban J connectivity index is 2.60. The van der Waals surface area contributed by atoms with Gasteiger partial charge < -0.3 is 9.72 Å². The zero-order valence-electron chi connectivity index (χ0n) is 9.76. The van der Waals surface area contributed by atoms with Crippen molar-refractivity contribution in [3.63, 3.8) is 0 Å². The van der Waals surface area contributed by atoms with Crippen LogP contribution in [0.5, 0.6) is 0 Å². The fourth-order valence-electron chi connectivity index (χ4n) is 1.14. The van der Waals surface area contributed by atoms with Crippen LogP contribution in [-0.2, 0) is 11.3 Å². The van der Waals surface area contributed by atoms with Crippen LogP contribution in [0, 0.1) is 12.3 Å². The van der Waals surface area contributed by atoms with Gasteiger partial charge in [-0.2, -0.15) is 0 Å². The highest BCUT2D eigenvalue weighted by atomic mass is 16.5. The Morgan fingerprint density at radius 1 is 1.62 bits per heavy atom. The van der Waals surface area contributed by atoms with E-state index in [1.54, 1.807) is 6.07 Å². The van der Waals surface area contributed by atoms with Gasteiger partial charge in [-0.3, -0.25) is 5.32 Å². The molecule has 0 aliphatic heterocycles. The van der Waals surface area contributed by atoms with Gasteiger partial charge in [0.15, 0.2) is 0 Å². The summed E-state index contributed by atoms with van der Waals surface area (Å²) in [5, 5.41) is 3.18. The molecule has 0 spiro atoms. The number of carbonyl (C=O) groups is 1. The Kier molecular flexibility index (Phi) is 3.75. The summed E-state index contributed by atoms with van der Waals surface area (Å²) in [4.78, 5) is 14.1. The van der Waals surface area contributed by atoms with Crippen molar-refractivity contribution in [3.05, 3.63) is 23.5 Å². The summed E-state index contributed by atoms with van der Waals surface area (Å²) in [5.41, 5.74) is 0.970. The van der Waals surface area contributed by atoms with Gasteiger partial charge in [-0.05, 0) is 26.0 Å².